The van der Waals surface area contributed by atoms with E-state index in [-0.39, 0.29) is 40.1 Å². The number of carbonyl (C=O) groups excluding carboxylic acids is 1. The van der Waals surface area contributed by atoms with Gasteiger partial charge in [-0.2, -0.15) is 9.78 Å². The zero-order chi connectivity index (χ0) is 31.7. The summed E-state index contributed by atoms with van der Waals surface area (Å²) in [5.74, 6) is -1.22. The molecule has 5 aromatic rings. The number of thiophene rings is 1. The molecule has 1 fully saturated rings. The molecule has 1 saturated heterocycles. The molecule has 13 heteroatoms. The van der Waals surface area contributed by atoms with Gasteiger partial charge >= 0.3 is 0 Å². The Morgan fingerprint density at radius 1 is 1.04 bits per heavy atom. The van der Waals surface area contributed by atoms with Gasteiger partial charge in [-0.05, 0) is 74.5 Å². The fourth-order valence-electron chi connectivity index (χ4n) is 5.59. The average Bonchev–Trinajstić information content (AvgIpc) is 3.61. The number of rotatable bonds is 9. The molecule has 0 aliphatic carbocycles. The van der Waals surface area contributed by atoms with Crippen molar-refractivity contribution in [1.82, 2.24) is 15.1 Å². The summed E-state index contributed by atoms with van der Waals surface area (Å²) in [6, 6.07) is 20.3. The van der Waals surface area contributed by atoms with E-state index < -0.39 is 21.7 Å². The molecule has 0 bridgehead atoms. The third-order valence-electron chi connectivity index (χ3n) is 7.84. The van der Waals surface area contributed by atoms with Gasteiger partial charge in [0.1, 0.15) is 5.69 Å². The van der Waals surface area contributed by atoms with Gasteiger partial charge in [0.15, 0.2) is 11.6 Å². The van der Waals surface area contributed by atoms with Crippen molar-refractivity contribution in [3.05, 3.63) is 99.1 Å². The lowest BCUT2D eigenvalue weighted by Gasteiger charge is -2.20. The topological polar surface area (TPSA) is 108 Å². The van der Waals surface area contributed by atoms with Crippen molar-refractivity contribution in [3.8, 4) is 0 Å². The Morgan fingerprint density at radius 2 is 1.76 bits per heavy atom. The lowest BCUT2D eigenvalue weighted by atomic mass is 9.94. The van der Waals surface area contributed by atoms with Gasteiger partial charge in [-0.15, -0.1) is 11.3 Å². The number of carbonyl (C=O) groups is 1. The van der Waals surface area contributed by atoms with Crippen LogP contribution in [0.25, 0.3) is 10.8 Å². The Morgan fingerprint density at radius 3 is 2.44 bits per heavy atom. The quantitative estimate of drug-likeness (QED) is 0.164. The molecule has 6 rings (SSSR count). The standard InChI is InChI=1S/C32H32ClFN6O3S2/c1-39(2)26-7-3-6-25-24(26)5-4-8-27(25)45(42,43)38-22-11-9-21(10-12-22)32(41)40-31(36-19-23-13-14-28(33)44-23)29(34)30(37-40)20-15-17-35-18-16-20/h3-14,20,35-36,38H,15-19H2,1-2H3. The predicted molar refractivity (Wildman–Crippen MR) is 179 cm³/mol. The molecule has 2 aromatic heterocycles. The van der Waals surface area contributed by atoms with Gasteiger partial charge < -0.3 is 15.5 Å². The van der Waals surface area contributed by atoms with E-state index >= 15 is 4.39 Å². The van der Waals surface area contributed by atoms with Crippen LogP contribution in [0.5, 0.6) is 0 Å². The van der Waals surface area contributed by atoms with Crippen molar-refractivity contribution in [2.45, 2.75) is 30.2 Å². The number of hydrogen-bond donors (Lipinski definition) is 3. The van der Waals surface area contributed by atoms with Crippen LogP contribution in [-0.4, -0.2) is 51.3 Å². The van der Waals surface area contributed by atoms with Crippen molar-refractivity contribution in [2.24, 2.45) is 0 Å². The van der Waals surface area contributed by atoms with Crippen LogP contribution in [0, 0.1) is 5.82 Å². The highest BCUT2D eigenvalue weighted by atomic mass is 35.5. The maximum atomic E-state index is 15.8. The summed E-state index contributed by atoms with van der Waals surface area (Å²) >= 11 is 7.43. The molecule has 3 heterocycles. The minimum atomic E-state index is -3.97. The van der Waals surface area contributed by atoms with Crippen LogP contribution >= 0.6 is 22.9 Å². The van der Waals surface area contributed by atoms with E-state index in [1.165, 1.54) is 35.6 Å². The second-order valence-corrected chi connectivity index (χ2v) is 14.5. The fourth-order valence-corrected chi connectivity index (χ4v) is 7.90. The van der Waals surface area contributed by atoms with Gasteiger partial charge in [0, 0.05) is 52.6 Å². The minimum absolute atomic E-state index is 0.0177. The van der Waals surface area contributed by atoms with Crippen LogP contribution in [0.1, 0.15) is 39.7 Å². The van der Waals surface area contributed by atoms with Gasteiger partial charge in [-0.3, -0.25) is 9.52 Å². The van der Waals surface area contributed by atoms with Gasteiger partial charge in [0.2, 0.25) is 0 Å². The molecular weight excluding hydrogens is 635 g/mol. The molecule has 9 nitrogen and oxygen atoms in total. The number of benzene rings is 3. The van der Waals surface area contributed by atoms with Crippen molar-refractivity contribution in [2.75, 3.05) is 42.1 Å². The first-order valence-corrected chi connectivity index (χ1v) is 17.1. The lowest BCUT2D eigenvalue weighted by molar-refractivity contribution is 0.0946. The van der Waals surface area contributed by atoms with Crippen molar-refractivity contribution >= 4 is 66.8 Å². The number of fused-ring (bicyclic) bond motifs is 1. The first-order valence-electron chi connectivity index (χ1n) is 14.5. The average molecular weight is 667 g/mol. The molecule has 1 aliphatic rings. The molecule has 0 unspecified atom stereocenters. The second kappa shape index (κ2) is 12.8. The largest absolute Gasteiger partial charge is 0.377 e. The summed E-state index contributed by atoms with van der Waals surface area (Å²) < 4.78 is 47.1. The number of aromatic nitrogens is 2. The number of sulfonamides is 1. The van der Waals surface area contributed by atoms with Crippen molar-refractivity contribution in [1.29, 1.82) is 0 Å². The molecule has 234 valence electrons. The Balaban J connectivity index is 1.27. The second-order valence-electron chi connectivity index (χ2n) is 11.1. The number of halogens is 2. The molecule has 0 saturated carbocycles. The minimum Gasteiger partial charge on any atom is -0.377 e. The Hall–Kier alpha value is -3.97. The van der Waals surface area contributed by atoms with E-state index in [9.17, 15) is 13.2 Å². The number of nitrogens with one attached hydrogen (secondary N) is 3. The summed E-state index contributed by atoms with van der Waals surface area (Å²) in [4.78, 5) is 16.7. The van der Waals surface area contributed by atoms with E-state index in [1.54, 1.807) is 24.3 Å². The first kappa shape index (κ1) is 31.0. The zero-order valence-corrected chi connectivity index (χ0v) is 27.1. The van der Waals surface area contributed by atoms with Crippen LogP contribution in [0.3, 0.4) is 0 Å². The molecule has 45 heavy (non-hydrogen) atoms. The Kier molecular flexibility index (Phi) is 8.82. The zero-order valence-electron chi connectivity index (χ0n) is 24.7. The van der Waals surface area contributed by atoms with Gasteiger partial charge in [0.05, 0.1) is 15.8 Å². The Bertz CT molecular complexity index is 1970. The van der Waals surface area contributed by atoms with Crippen LogP contribution in [0.2, 0.25) is 4.34 Å². The molecule has 3 aromatic carbocycles. The summed E-state index contributed by atoms with van der Waals surface area (Å²) in [5.41, 5.74) is 1.66. The monoisotopic (exact) mass is 666 g/mol. The van der Waals surface area contributed by atoms with E-state index in [1.807, 2.05) is 43.3 Å². The van der Waals surface area contributed by atoms with Crippen molar-refractivity contribution in [3.63, 3.8) is 0 Å². The van der Waals surface area contributed by atoms with E-state index in [2.05, 4.69) is 20.5 Å². The molecule has 0 atom stereocenters. The maximum absolute atomic E-state index is 15.8. The number of hydrogen-bond acceptors (Lipinski definition) is 8. The fraction of sp³-hybridized carbons (Fsp3) is 0.250. The van der Waals surface area contributed by atoms with E-state index in [0.29, 0.717) is 22.6 Å². The highest BCUT2D eigenvalue weighted by Gasteiger charge is 2.29. The Labute approximate surface area is 270 Å². The normalized spacial score (nSPS) is 14.0. The SMILES string of the molecule is CN(C)c1cccc2c(S(=O)(=O)Nc3ccc(C(=O)n4nc(C5CCNCC5)c(F)c4NCc4ccc(Cl)s4)cc3)cccc12. The third-order valence-corrected chi connectivity index (χ3v) is 10.5. The van der Waals surface area contributed by atoms with E-state index in [0.717, 1.165) is 33.7 Å². The summed E-state index contributed by atoms with van der Waals surface area (Å²) in [5, 5.41) is 12.2. The van der Waals surface area contributed by atoms with Crippen LogP contribution in [0.15, 0.2) is 77.7 Å². The molecule has 0 spiro atoms. The molecule has 0 amide bonds. The first-order chi connectivity index (χ1) is 21.6. The third kappa shape index (κ3) is 6.41. The molecule has 0 radical (unpaired) electrons. The van der Waals surface area contributed by atoms with Crippen molar-refractivity contribution < 1.29 is 17.6 Å². The van der Waals surface area contributed by atoms with Crippen LogP contribution in [-0.2, 0) is 16.6 Å². The molecule has 1 aliphatic heterocycles. The smallest absolute Gasteiger partial charge is 0.280 e. The van der Waals surface area contributed by atoms with Crippen LogP contribution in [0.4, 0.5) is 21.6 Å². The van der Waals surface area contributed by atoms with Crippen LogP contribution < -0.4 is 20.3 Å². The number of anilines is 3. The highest BCUT2D eigenvalue weighted by Crippen LogP contribution is 2.33. The molecule has 3 N–H and O–H groups in total. The summed E-state index contributed by atoms with van der Waals surface area (Å²) in [6.45, 7) is 1.76. The molecular formula is C32H32ClFN6O3S2. The van der Waals surface area contributed by atoms with Gasteiger partial charge in [-0.1, -0.05) is 35.9 Å². The predicted octanol–water partition coefficient (Wildman–Crippen LogP) is 6.52. The number of piperidine rings is 1. The van der Waals surface area contributed by atoms with E-state index in [4.69, 9.17) is 11.6 Å². The highest BCUT2D eigenvalue weighted by molar-refractivity contribution is 7.93. The van der Waals surface area contributed by atoms with Gasteiger partial charge in [-0.25, -0.2) is 12.8 Å². The summed E-state index contributed by atoms with van der Waals surface area (Å²) in [6.07, 6.45) is 1.42. The van der Waals surface area contributed by atoms with Gasteiger partial charge in [0.25, 0.3) is 15.9 Å². The lowest BCUT2D eigenvalue weighted by Crippen LogP contribution is -2.27. The number of nitrogens with zero attached hydrogens (tertiary/aromatic N) is 3. The summed E-state index contributed by atoms with van der Waals surface area (Å²) in [7, 11) is -0.156. The maximum Gasteiger partial charge on any atom is 0.280 e.